The molecule has 0 bridgehead atoms. The van der Waals surface area contributed by atoms with Crippen LogP contribution in [0.3, 0.4) is 0 Å². The van der Waals surface area contributed by atoms with Crippen LogP contribution in [-0.4, -0.2) is 40.8 Å². The number of nitrogens with zero attached hydrogens (tertiary/aromatic N) is 2. The zero-order chi connectivity index (χ0) is 20.3. The normalized spacial score (nSPS) is 13.2. The molecule has 2 amide bonds. The average molecular weight is 402 g/mol. The van der Waals surface area contributed by atoms with Gasteiger partial charge in [0, 0.05) is 35.6 Å². The molecule has 1 aliphatic rings. The predicted molar refractivity (Wildman–Crippen MR) is 108 cm³/mol. The number of nitro groups is 1. The van der Waals surface area contributed by atoms with E-state index >= 15 is 0 Å². The van der Waals surface area contributed by atoms with Crippen LogP contribution in [0.25, 0.3) is 0 Å². The first-order valence-electron chi connectivity index (χ1n) is 9.01. The van der Waals surface area contributed by atoms with E-state index in [1.807, 2.05) is 25.3 Å². The molecule has 2 heterocycles. The fourth-order valence-corrected chi connectivity index (χ4v) is 3.95. The van der Waals surface area contributed by atoms with Gasteiger partial charge < -0.3 is 15.5 Å². The Kier molecular flexibility index (Phi) is 5.93. The number of amides is 2. The third-order valence-electron chi connectivity index (χ3n) is 4.47. The zero-order valence-corrected chi connectivity index (χ0v) is 16.5. The number of carbonyl (C=O) groups is 2. The predicted octanol–water partition coefficient (Wildman–Crippen LogP) is 2.79. The third kappa shape index (κ3) is 4.48. The van der Waals surface area contributed by atoms with E-state index in [-0.39, 0.29) is 41.3 Å². The van der Waals surface area contributed by atoms with Crippen molar-refractivity contribution in [3.63, 3.8) is 0 Å². The number of carbonyl (C=O) groups excluding carboxylic acids is 2. The summed E-state index contributed by atoms with van der Waals surface area (Å²) in [7, 11) is 0. The minimum absolute atomic E-state index is 0.0438. The zero-order valence-electron chi connectivity index (χ0n) is 15.7. The van der Waals surface area contributed by atoms with Crippen LogP contribution in [0.2, 0.25) is 0 Å². The molecule has 0 saturated heterocycles. The number of anilines is 1. The topological polar surface area (TPSA) is 105 Å². The van der Waals surface area contributed by atoms with Crippen LogP contribution in [0, 0.1) is 10.1 Å². The molecular formula is C19H22N4O4S. The highest BCUT2D eigenvalue weighted by molar-refractivity contribution is 7.10. The number of rotatable bonds is 6. The fourth-order valence-electron chi connectivity index (χ4n) is 3.06. The number of hydrogen-bond acceptors (Lipinski definition) is 6. The second kappa shape index (κ2) is 8.39. The summed E-state index contributed by atoms with van der Waals surface area (Å²) in [5, 5.41) is 19.0. The van der Waals surface area contributed by atoms with Crippen molar-refractivity contribution < 1.29 is 14.5 Å². The third-order valence-corrected chi connectivity index (χ3v) is 5.49. The number of fused-ring (bicyclic) bond motifs is 1. The first kappa shape index (κ1) is 19.8. The van der Waals surface area contributed by atoms with Crippen molar-refractivity contribution in [1.82, 2.24) is 10.2 Å². The highest BCUT2D eigenvalue weighted by Crippen LogP contribution is 2.27. The van der Waals surface area contributed by atoms with Crippen molar-refractivity contribution in [3.05, 3.63) is 55.8 Å². The first-order valence-corrected chi connectivity index (χ1v) is 9.89. The smallest absolute Gasteiger partial charge is 0.293 e. The number of hydrogen-bond donors (Lipinski definition) is 2. The van der Waals surface area contributed by atoms with E-state index in [4.69, 9.17) is 0 Å². The minimum Gasteiger partial charge on any atom is -0.371 e. The molecule has 3 rings (SSSR count). The molecular weight excluding hydrogens is 380 g/mol. The maximum Gasteiger partial charge on any atom is 0.293 e. The van der Waals surface area contributed by atoms with Crippen LogP contribution < -0.4 is 10.6 Å². The largest absolute Gasteiger partial charge is 0.371 e. The Morgan fingerprint density at radius 3 is 2.82 bits per heavy atom. The second-order valence-corrected chi connectivity index (χ2v) is 7.91. The molecule has 2 aromatic rings. The summed E-state index contributed by atoms with van der Waals surface area (Å²) in [5.74, 6) is -0.492. The van der Waals surface area contributed by atoms with Crippen LogP contribution in [0.4, 0.5) is 11.4 Å². The number of nitrogens with one attached hydrogen (secondary N) is 2. The van der Waals surface area contributed by atoms with Crippen LogP contribution in [0.15, 0.2) is 29.6 Å². The van der Waals surface area contributed by atoms with E-state index < -0.39 is 4.92 Å². The van der Waals surface area contributed by atoms with Gasteiger partial charge in [-0.05, 0) is 49.4 Å². The van der Waals surface area contributed by atoms with Gasteiger partial charge in [-0.1, -0.05) is 0 Å². The molecule has 0 unspecified atom stereocenters. The van der Waals surface area contributed by atoms with Crippen molar-refractivity contribution >= 4 is 34.5 Å². The summed E-state index contributed by atoms with van der Waals surface area (Å²) in [5.41, 5.74) is 1.35. The lowest BCUT2D eigenvalue weighted by atomic mass is 10.1. The highest BCUT2D eigenvalue weighted by Gasteiger charge is 2.23. The van der Waals surface area contributed by atoms with E-state index in [2.05, 4.69) is 10.6 Å². The Morgan fingerprint density at radius 2 is 2.11 bits per heavy atom. The second-order valence-electron chi connectivity index (χ2n) is 6.91. The highest BCUT2D eigenvalue weighted by atomic mass is 32.1. The number of thiophene rings is 1. The molecule has 8 nitrogen and oxygen atoms in total. The lowest BCUT2D eigenvalue weighted by molar-refractivity contribution is -0.384. The molecule has 2 N–H and O–H groups in total. The molecule has 0 saturated carbocycles. The first-order chi connectivity index (χ1) is 13.3. The van der Waals surface area contributed by atoms with Crippen LogP contribution in [0.1, 0.15) is 34.6 Å². The molecule has 1 aromatic heterocycles. The standard InChI is InChI=1S/C19H22N4O4S/c1-12(2)21-19(25)13-3-4-15(16(9-13)23(26)27)20-10-18(24)22-7-5-17-14(11-22)6-8-28-17/h3-4,6,8-9,12,20H,5,7,10-11H2,1-2H3,(H,21,25). The van der Waals surface area contributed by atoms with Crippen molar-refractivity contribution in [3.8, 4) is 0 Å². The van der Waals surface area contributed by atoms with Gasteiger partial charge >= 0.3 is 0 Å². The monoisotopic (exact) mass is 402 g/mol. The molecule has 0 aliphatic carbocycles. The van der Waals surface area contributed by atoms with Crippen molar-refractivity contribution in [2.24, 2.45) is 0 Å². The SMILES string of the molecule is CC(C)NC(=O)c1ccc(NCC(=O)N2CCc3sccc3C2)c([N+](=O)[O-])c1. The van der Waals surface area contributed by atoms with Gasteiger partial charge in [0.15, 0.2) is 0 Å². The van der Waals surface area contributed by atoms with Crippen LogP contribution in [-0.2, 0) is 17.8 Å². The molecule has 0 fully saturated rings. The van der Waals surface area contributed by atoms with Gasteiger partial charge in [0.25, 0.3) is 11.6 Å². The molecule has 28 heavy (non-hydrogen) atoms. The van der Waals surface area contributed by atoms with E-state index in [9.17, 15) is 19.7 Å². The maximum atomic E-state index is 12.5. The fraction of sp³-hybridized carbons (Fsp3) is 0.368. The molecule has 0 atom stereocenters. The van der Waals surface area contributed by atoms with E-state index in [0.717, 1.165) is 12.0 Å². The van der Waals surface area contributed by atoms with Gasteiger partial charge in [-0.25, -0.2) is 0 Å². The lowest BCUT2D eigenvalue weighted by Crippen LogP contribution is -2.38. The van der Waals surface area contributed by atoms with Crippen LogP contribution >= 0.6 is 11.3 Å². The van der Waals surface area contributed by atoms with Crippen LogP contribution in [0.5, 0.6) is 0 Å². The Hall–Kier alpha value is -2.94. The number of nitro benzene ring substituents is 1. The lowest BCUT2D eigenvalue weighted by Gasteiger charge is -2.27. The van der Waals surface area contributed by atoms with Gasteiger partial charge in [0.2, 0.25) is 5.91 Å². The van der Waals surface area contributed by atoms with Gasteiger partial charge in [-0.15, -0.1) is 11.3 Å². The number of benzene rings is 1. The summed E-state index contributed by atoms with van der Waals surface area (Å²) in [4.78, 5) is 38.5. The molecule has 0 spiro atoms. The Balaban J connectivity index is 1.67. The van der Waals surface area contributed by atoms with Crippen molar-refractivity contribution in [2.45, 2.75) is 32.9 Å². The molecule has 0 radical (unpaired) electrons. The summed E-state index contributed by atoms with van der Waals surface area (Å²) in [6.07, 6.45) is 0.832. The van der Waals surface area contributed by atoms with Gasteiger partial charge in [-0.2, -0.15) is 0 Å². The molecule has 1 aliphatic heterocycles. The van der Waals surface area contributed by atoms with Crippen molar-refractivity contribution in [2.75, 3.05) is 18.4 Å². The van der Waals surface area contributed by atoms with Gasteiger partial charge in [0.05, 0.1) is 11.5 Å². The average Bonchev–Trinajstić information content (AvgIpc) is 3.13. The Labute approximate surface area is 166 Å². The van der Waals surface area contributed by atoms with E-state index in [1.165, 1.54) is 23.1 Å². The molecule has 1 aromatic carbocycles. The van der Waals surface area contributed by atoms with Gasteiger partial charge in [-0.3, -0.25) is 19.7 Å². The quantitative estimate of drug-likeness (QED) is 0.571. The summed E-state index contributed by atoms with van der Waals surface area (Å²) in [6, 6.07) is 6.15. The maximum absolute atomic E-state index is 12.5. The summed E-state index contributed by atoms with van der Waals surface area (Å²) >= 11 is 1.70. The minimum atomic E-state index is -0.558. The Bertz CT molecular complexity index is 909. The summed E-state index contributed by atoms with van der Waals surface area (Å²) in [6.45, 7) is 4.79. The van der Waals surface area contributed by atoms with E-state index in [1.54, 1.807) is 16.2 Å². The Morgan fingerprint density at radius 1 is 1.32 bits per heavy atom. The van der Waals surface area contributed by atoms with Gasteiger partial charge in [0.1, 0.15) is 5.69 Å². The van der Waals surface area contributed by atoms with Crippen molar-refractivity contribution in [1.29, 1.82) is 0 Å². The summed E-state index contributed by atoms with van der Waals surface area (Å²) < 4.78 is 0. The molecule has 148 valence electrons. The van der Waals surface area contributed by atoms with E-state index in [0.29, 0.717) is 13.1 Å². The molecule has 9 heteroatoms.